The predicted octanol–water partition coefficient (Wildman–Crippen LogP) is 4.26. The fourth-order valence-corrected chi connectivity index (χ4v) is 3.64. The minimum atomic E-state index is -3.32. The fourth-order valence-electron chi connectivity index (χ4n) is 2.81. The highest BCUT2D eigenvalue weighted by molar-refractivity contribution is 7.92. The second-order valence-electron chi connectivity index (χ2n) is 7.98. The molecular formula is C22H30N2O3S. The molecule has 0 saturated carbocycles. The van der Waals surface area contributed by atoms with Crippen molar-refractivity contribution in [3.8, 4) is 0 Å². The molecule has 0 aliphatic carbocycles. The van der Waals surface area contributed by atoms with Crippen LogP contribution in [0, 0.1) is 0 Å². The van der Waals surface area contributed by atoms with Gasteiger partial charge in [0, 0.05) is 12.6 Å². The number of carbonyl (C=O) groups excluding carboxylic acids is 1. The minimum Gasteiger partial charge on any atom is -0.346 e. The smallest absolute Gasteiger partial charge is 0.251 e. The molecule has 0 fully saturated rings. The standard InChI is InChI=1S/C22H30N2O3S/c1-7-28(26,27)24(6)20-14-10-18(11-15-20)21(25)23-16(2)17-8-12-19(13-9-17)22(3,4)5/h8-16H,7H2,1-6H3,(H,23,25)/t16-/m0/s1. The molecule has 0 aromatic heterocycles. The zero-order chi connectivity index (χ0) is 21.1. The van der Waals surface area contributed by atoms with Crippen molar-refractivity contribution in [2.45, 2.75) is 46.1 Å². The summed E-state index contributed by atoms with van der Waals surface area (Å²) in [5.41, 5.74) is 3.39. The SMILES string of the molecule is CCS(=O)(=O)N(C)c1ccc(C(=O)N[C@@H](C)c2ccc(C(C)(C)C)cc2)cc1. The zero-order valence-corrected chi connectivity index (χ0v) is 18.3. The quantitative estimate of drug-likeness (QED) is 0.785. The van der Waals surface area contributed by atoms with Crippen molar-refractivity contribution >= 4 is 21.6 Å². The van der Waals surface area contributed by atoms with E-state index in [9.17, 15) is 13.2 Å². The van der Waals surface area contributed by atoms with Gasteiger partial charge in [0.05, 0.1) is 17.5 Å². The largest absolute Gasteiger partial charge is 0.346 e. The number of hydrogen-bond donors (Lipinski definition) is 1. The van der Waals surface area contributed by atoms with E-state index in [4.69, 9.17) is 0 Å². The first kappa shape index (κ1) is 22.0. The number of amides is 1. The normalized spacial score (nSPS) is 13.1. The molecule has 152 valence electrons. The van der Waals surface area contributed by atoms with Crippen LogP contribution in [0.15, 0.2) is 48.5 Å². The Morgan fingerprint density at radius 1 is 1.04 bits per heavy atom. The Balaban J connectivity index is 2.08. The molecule has 0 aliphatic rings. The summed E-state index contributed by atoms with van der Waals surface area (Å²) in [5.74, 6) is -0.169. The highest BCUT2D eigenvalue weighted by atomic mass is 32.2. The highest BCUT2D eigenvalue weighted by Crippen LogP contribution is 2.24. The summed E-state index contributed by atoms with van der Waals surface area (Å²) in [5, 5.41) is 2.99. The van der Waals surface area contributed by atoms with Gasteiger partial charge in [-0.1, -0.05) is 45.0 Å². The first-order chi connectivity index (χ1) is 13.0. The lowest BCUT2D eigenvalue weighted by molar-refractivity contribution is 0.0940. The van der Waals surface area contributed by atoms with Crippen molar-refractivity contribution in [1.29, 1.82) is 0 Å². The summed E-state index contributed by atoms with van der Waals surface area (Å²) in [6.45, 7) is 10.0. The molecule has 1 atom stereocenters. The van der Waals surface area contributed by atoms with Gasteiger partial charge in [-0.05, 0) is 54.7 Å². The van der Waals surface area contributed by atoms with Crippen LogP contribution in [0.1, 0.15) is 62.1 Å². The van der Waals surface area contributed by atoms with E-state index >= 15 is 0 Å². The van der Waals surface area contributed by atoms with Crippen LogP contribution < -0.4 is 9.62 Å². The second kappa shape index (κ2) is 8.35. The number of hydrogen-bond acceptors (Lipinski definition) is 3. The van der Waals surface area contributed by atoms with Gasteiger partial charge >= 0.3 is 0 Å². The van der Waals surface area contributed by atoms with E-state index in [0.29, 0.717) is 11.3 Å². The Bertz CT molecular complexity index is 912. The number of anilines is 1. The summed E-state index contributed by atoms with van der Waals surface area (Å²) in [6, 6.07) is 14.7. The van der Waals surface area contributed by atoms with Crippen molar-refractivity contribution in [2.24, 2.45) is 0 Å². The molecule has 0 bridgehead atoms. The highest BCUT2D eigenvalue weighted by Gasteiger charge is 2.18. The Morgan fingerprint density at radius 2 is 1.57 bits per heavy atom. The molecule has 0 heterocycles. The molecule has 2 aromatic carbocycles. The maximum Gasteiger partial charge on any atom is 0.251 e. The Kier molecular flexibility index (Phi) is 6.55. The van der Waals surface area contributed by atoms with Crippen LogP contribution in [0.3, 0.4) is 0 Å². The van der Waals surface area contributed by atoms with E-state index in [-0.39, 0.29) is 23.1 Å². The number of nitrogens with zero attached hydrogens (tertiary/aromatic N) is 1. The third kappa shape index (κ3) is 5.13. The lowest BCUT2D eigenvalue weighted by Gasteiger charge is -2.21. The summed E-state index contributed by atoms with van der Waals surface area (Å²) in [4.78, 5) is 12.5. The number of carbonyl (C=O) groups is 1. The van der Waals surface area contributed by atoms with Crippen LogP contribution in [0.25, 0.3) is 0 Å². The van der Waals surface area contributed by atoms with Gasteiger partial charge in [0.15, 0.2) is 0 Å². The van der Waals surface area contributed by atoms with Crippen LogP contribution in [-0.4, -0.2) is 27.1 Å². The molecule has 0 saturated heterocycles. The summed E-state index contributed by atoms with van der Waals surface area (Å²) in [6.07, 6.45) is 0. The average molecular weight is 403 g/mol. The lowest BCUT2D eigenvalue weighted by Crippen LogP contribution is -2.28. The Labute approximate surface area is 168 Å². The molecule has 0 unspecified atom stereocenters. The van der Waals surface area contributed by atoms with Gasteiger partial charge in [-0.2, -0.15) is 0 Å². The van der Waals surface area contributed by atoms with Gasteiger partial charge in [0.25, 0.3) is 5.91 Å². The predicted molar refractivity (Wildman–Crippen MR) is 115 cm³/mol. The monoisotopic (exact) mass is 402 g/mol. The lowest BCUT2D eigenvalue weighted by atomic mass is 9.86. The van der Waals surface area contributed by atoms with Gasteiger partial charge < -0.3 is 5.32 Å². The number of sulfonamides is 1. The van der Waals surface area contributed by atoms with E-state index in [2.05, 4.69) is 38.2 Å². The number of benzene rings is 2. The van der Waals surface area contributed by atoms with Crippen LogP contribution >= 0.6 is 0 Å². The van der Waals surface area contributed by atoms with Gasteiger partial charge in [-0.25, -0.2) is 8.42 Å². The van der Waals surface area contributed by atoms with Crippen LogP contribution in [0.2, 0.25) is 0 Å². The first-order valence-electron chi connectivity index (χ1n) is 9.43. The molecule has 0 aliphatic heterocycles. The van der Waals surface area contributed by atoms with E-state index in [1.54, 1.807) is 31.2 Å². The van der Waals surface area contributed by atoms with Crippen molar-refractivity contribution in [1.82, 2.24) is 5.32 Å². The Hall–Kier alpha value is -2.34. The zero-order valence-electron chi connectivity index (χ0n) is 17.5. The van der Waals surface area contributed by atoms with E-state index in [0.717, 1.165) is 5.56 Å². The van der Waals surface area contributed by atoms with E-state index in [1.807, 2.05) is 19.1 Å². The molecule has 5 nitrogen and oxygen atoms in total. The molecule has 28 heavy (non-hydrogen) atoms. The van der Waals surface area contributed by atoms with Crippen molar-refractivity contribution in [3.63, 3.8) is 0 Å². The topological polar surface area (TPSA) is 66.5 Å². The Morgan fingerprint density at radius 3 is 2.04 bits per heavy atom. The molecule has 2 aromatic rings. The number of rotatable bonds is 6. The maximum atomic E-state index is 12.5. The van der Waals surface area contributed by atoms with Gasteiger partial charge in [0.2, 0.25) is 10.0 Å². The molecule has 6 heteroatoms. The average Bonchev–Trinajstić information content (AvgIpc) is 2.66. The molecule has 0 radical (unpaired) electrons. The first-order valence-corrected chi connectivity index (χ1v) is 11.0. The minimum absolute atomic E-state index is 0.0251. The third-order valence-electron chi connectivity index (χ3n) is 4.90. The molecule has 1 N–H and O–H groups in total. The maximum absolute atomic E-state index is 12.5. The van der Waals surface area contributed by atoms with Gasteiger partial charge in [0.1, 0.15) is 0 Å². The molecule has 0 spiro atoms. The molecule has 1 amide bonds. The van der Waals surface area contributed by atoms with Crippen molar-refractivity contribution in [3.05, 3.63) is 65.2 Å². The van der Waals surface area contributed by atoms with E-state index in [1.165, 1.54) is 16.9 Å². The second-order valence-corrected chi connectivity index (χ2v) is 10.3. The van der Waals surface area contributed by atoms with Gasteiger partial charge in [-0.3, -0.25) is 9.10 Å². The van der Waals surface area contributed by atoms with E-state index < -0.39 is 10.0 Å². The fraction of sp³-hybridized carbons (Fsp3) is 0.409. The molecule has 2 rings (SSSR count). The van der Waals surface area contributed by atoms with Gasteiger partial charge in [-0.15, -0.1) is 0 Å². The molecular weight excluding hydrogens is 372 g/mol. The van der Waals surface area contributed by atoms with Crippen LogP contribution in [-0.2, 0) is 15.4 Å². The van der Waals surface area contributed by atoms with Crippen molar-refractivity contribution < 1.29 is 13.2 Å². The van der Waals surface area contributed by atoms with Crippen molar-refractivity contribution in [2.75, 3.05) is 17.1 Å². The third-order valence-corrected chi connectivity index (χ3v) is 6.67. The van der Waals surface area contributed by atoms with Crippen LogP contribution in [0.5, 0.6) is 0 Å². The van der Waals surface area contributed by atoms with Crippen LogP contribution in [0.4, 0.5) is 5.69 Å². The summed E-state index contributed by atoms with van der Waals surface area (Å²) < 4.78 is 25.1. The number of nitrogens with one attached hydrogen (secondary N) is 1. The summed E-state index contributed by atoms with van der Waals surface area (Å²) in [7, 11) is -1.81. The summed E-state index contributed by atoms with van der Waals surface area (Å²) >= 11 is 0.